The maximum Gasteiger partial charge on any atom is 0.404 e. The van der Waals surface area contributed by atoms with Gasteiger partial charge >= 0.3 is 12.1 Å². The molecule has 1 aliphatic rings. The summed E-state index contributed by atoms with van der Waals surface area (Å²) in [6.07, 6.45) is 5.34. The molecule has 5 heteroatoms. The third-order valence-corrected chi connectivity index (χ3v) is 6.45. The van der Waals surface area contributed by atoms with Crippen molar-refractivity contribution < 1.29 is 22.7 Å². The highest BCUT2D eigenvalue weighted by atomic mass is 19.4. The lowest BCUT2D eigenvalue weighted by Crippen LogP contribution is -2.44. The SMILES string of the molecule is CCCCCC1CCC(c2ccc(OC(=O)C(C)(CCC)C(F)(F)F)cc2)CC1. The fourth-order valence-corrected chi connectivity index (χ4v) is 4.35. The fraction of sp³-hybridized carbons (Fsp3) is 0.708. The van der Waals surface area contributed by atoms with Crippen LogP contribution in [-0.4, -0.2) is 12.1 Å². The van der Waals surface area contributed by atoms with E-state index in [1.165, 1.54) is 44.1 Å². The van der Waals surface area contributed by atoms with Crippen LogP contribution in [0.25, 0.3) is 0 Å². The zero-order valence-corrected chi connectivity index (χ0v) is 18.0. The number of carbonyl (C=O) groups excluding carboxylic acids is 1. The number of esters is 1. The van der Waals surface area contributed by atoms with E-state index in [9.17, 15) is 18.0 Å². The minimum atomic E-state index is -4.63. The Morgan fingerprint density at radius 2 is 1.62 bits per heavy atom. The molecule has 0 N–H and O–H groups in total. The number of ether oxygens (including phenoxy) is 1. The molecular formula is C24H35F3O2. The van der Waals surface area contributed by atoms with Crippen LogP contribution in [0.5, 0.6) is 5.75 Å². The van der Waals surface area contributed by atoms with E-state index < -0.39 is 17.6 Å². The van der Waals surface area contributed by atoms with Crippen molar-refractivity contribution in [2.75, 3.05) is 0 Å². The summed E-state index contributed by atoms with van der Waals surface area (Å²) in [5.74, 6) is 0.269. The van der Waals surface area contributed by atoms with E-state index in [4.69, 9.17) is 4.74 Å². The smallest absolute Gasteiger partial charge is 0.404 e. The number of rotatable bonds is 9. The van der Waals surface area contributed by atoms with E-state index in [1.54, 1.807) is 19.1 Å². The zero-order chi connectivity index (χ0) is 21.5. The van der Waals surface area contributed by atoms with Gasteiger partial charge in [0.15, 0.2) is 5.41 Å². The van der Waals surface area contributed by atoms with Crippen molar-refractivity contribution in [1.29, 1.82) is 0 Å². The maximum absolute atomic E-state index is 13.4. The molecule has 1 atom stereocenters. The number of unbranched alkanes of at least 4 members (excludes halogenated alkanes) is 2. The Hall–Kier alpha value is -1.52. The van der Waals surface area contributed by atoms with Gasteiger partial charge in [-0.15, -0.1) is 0 Å². The molecule has 1 aromatic carbocycles. The van der Waals surface area contributed by atoms with Crippen LogP contribution in [0.4, 0.5) is 13.2 Å². The topological polar surface area (TPSA) is 26.3 Å². The summed E-state index contributed by atoms with van der Waals surface area (Å²) in [7, 11) is 0. The van der Waals surface area contributed by atoms with E-state index in [1.807, 2.05) is 12.1 Å². The first-order chi connectivity index (χ1) is 13.7. The van der Waals surface area contributed by atoms with Crippen molar-refractivity contribution in [3.05, 3.63) is 29.8 Å². The number of carbonyl (C=O) groups is 1. The van der Waals surface area contributed by atoms with E-state index in [2.05, 4.69) is 6.92 Å². The van der Waals surface area contributed by atoms with Crippen molar-refractivity contribution in [2.45, 2.75) is 97.1 Å². The number of benzene rings is 1. The van der Waals surface area contributed by atoms with Crippen molar-refractivity contribution in [2.24, 2.45) is 11.3 Å². The van der Waals surface area contributed by atoms with Crippen LogP contribution >= 0.6 is 0 Å². The first-order valence-electron chi connectivity index (χ1n) is 11.1. The Morgan fingerprint density at radius 1 is 1.00 bits per heavy atom. The predicted octanol–water partition coefficient (Wildman–Crippen LogP) is 7.81. The second-order valence-corrected chi connectivity index (χ2v) is 8.75. The Labute approximate surface area is 173 Å². The summed E-state index contributed by atoms with van der Waals surface area (Å²) in [5, 5.41) is 0. The molecule has 0 saturated heterocycles. The Kier molecular flexibility index (Phi) is 8.59. The second-order valence-electron chi connectivity index (χ2n) is 8.75. The first-order valence-corrected chi connectivity index (χ1v) is 11.1. The lowest BCUT2D eigenvalue weighted by Gasteiger charge is -2.30. The van der Waals surface area contributed by atoms with Gasteiger partial charge in [-0.05, 0) is 68.6 Å². The summed E-state index contributed by atoms with van der Waals surface area (Å²) in [5.41, 5.74) is -1.29. The van der Waals surface area contributed by atoms with Crippen molar-refractivity contribution in [3.63, 3.8) is 0 Å². The molecule has 0 bridgehead atoms. The largest absolute Gasteiger partial charge is 0.426 e. The summed E-state index contributed by atoms with van der Waals surface area (Å²) >= 11 is 0. The minimum absolute atomic E-state index is 0.179. The third kappa shape index (κ3) is 6.23. The van der Waals surface area contributed by atoms with Gasteiger partial charge in [0, 0.05) is 0 Å². The number of hydrogen-bond acceptors (Lipinski definition) is 2. The quantitative estimate of drug-likeness (QED) is 0.235. The molecule has 1 unspecified atom stereocenters. The molecule has 2 nitrogen and oxygen atoms in total. The standard InChI is InChI=1S/C24H35F3O2/c1-4-6-7-8-18-9-11-19(12-10-18)20-13-15-21(16-14-20)29-22(28)23(3,17-5-2)24(25,26)27/h13-16,18-19H,4-12,17H2,1-3H3. The van der Waals surface area contributed by atoms with Crippen LogP contribution in [0.3, 0.4) is 0 Å². The monoisotopic (exact) mass is 412 g/mol. The number of halogens is 3. The zero-order valence-electron chi connectivity index (χ0n) is 18.0. The lowest BCUT2D eigenvalue weighted by atomic mass is 9.77. The van der Waals surface area contributed by atoms with Gasteiger partial charge in [-0.2, -0.15) is 13.2 Å². The van der Waals surface area contributed by atoms with E-state index in [0.29, 0.717) is 5.92 Å². The Morgan fingerprint density at radius 3 is 2.14 bits per heavy atom. The van der Waals surface area contributed by atoms with Crippen LogP contribution < -0.4 is 4.74 Å². The highest BCUT2D eigenvalue weighted by molar-refractivity contribution is 5.79. The van der Waals surface area contributed by atoms with Gasteiger partial charge in [-0.3, -0.25) is 4.79 Å². The van der Waals surface area contributed by atoms with Crippen molar-refractivity contribution in [3.8, 4) is 5.75 Å². The van der Waals surface area contributed by atoms with Gasteiger partial charge in [0.05, 0.1) is 0 Å². The van der Waals surface area contributed by atoms with Gasteiger partial charge in [0.1, 0.15) is 5.75 Å². The van der Waals surface area contributed by atoms with E-state index in [-0.39, 0.29) is 18.6 Å². The van der Waals surface area contributed by atoms with Crippen LogP contribution in [-0.2, 0) is 4.79 Å². The van der Waals surface area contributed by atoms with Crippen LogP contribution in [0.15, 0.2) is 24.3 Å². The average Bonchev–Trinajstić information content (AvgIpc) is 2.68. The predicted molar refractivity (Wildman–Crippen MR) is 110 cm³/mol. The molecule has 1 aliphatic carbocycles. The van der Waals surface area contributed by atoms with E-state index in [0.717, 1.165) is 25.7 Å². The number of hydrogen-bond donors (Lipinski definition) is 0. The normalized spacial score (nSPS) is 22.1. The van der Waals surface area contributed by atoms with Crippen LogP contribution in [0.1, 0.15) is 96.5 Å². The van der Waals surface area contributed by atoms with Gasteiger partial charge in [0.25, 0.3) is 0 Å². The van der Waals surface area contributed by atoms with Gasteiger partial charge in [-0.25, -0.2) is 0 Å². The maximum atomic E-state index is 13.4. The molecule has 164 valence electrons. The summed E-state index contributed by atoms with van der Waals surface area (Å²) in [4.78, 5) is 12.3. The summed E-state index contributed by atoms with van der Waals surface area (Å²) < 4.78 is 45.3. The molecule has 0 radical (unpaired) electrons. The molecule has 1 fully saturated rings. The first kappa shape index (κ1) is 23.8. The molecule has 1 saturated carbocycles. The van der Waals surface area contributed by atoms with Crippen LogP contribution in [0.2, 0.25) is 0 Å². The molecule has 0 spiro atoms. The van der Waals surface area contributed by atoms with Crippen molar-refractivity contribution >= 4 is 5.97 Å². The highest BCUT2D eigenvalue weighted by Gasteiger charge is 2.57. The van der Waals surface area contributed by atoms with Gasteiger partial charge in [0.2, 0.25) is 0 Å². The molecule has 0 heterocycles. The van der Waals surface area contributed by atoms with Crippen LogP contribution in [0, 0.1) is 11.3 Å². The number of alkyl halides is 3. The third-order valence-electron chi connectivity index (χ3n) is 6.45. The molecule has 0 aliphatic heterocycles. The van der Waals surface area contributed by atoms with Gasteiger partial charge < -0.3 is 4.74 Å². The summed E-state index contributed by atoms with van der Waals surface area (Å²) in [6, 6.07) is 7.05. The molecule has 0 amide bonds. The Bertz CT molecular complexity index is 631. The molecule has 29 heavy (non-hydrogen) atoms. The molecular weight excluding hydrogens is 377 g/mol. The summed E-state index contributed by atoms with van der Waals surface area (Å²) in [6.45, 7) is 4.78. The highest BCUT2D eigenvalue weighted by Crippen LogP contribution is 2.43. The fourth-order valence-electron chi connectivity index (χ4n) is 4.35. The van der Waals surface area contributed by atoms with Crippen molar-refractivity contribution in [1.82, 2.24) is 0 Å². The molecule has 2 rings (SSSR count). The second kappa shape index (κ2) is 10.5. The molecule has 1 aromatic rings. The lowest BCUT2D eigenvalue weighted by molar-refractivity contribution is -0.226. The van der Waals surface area contributed by atoms with Gasteiger partial charge in [-0.1, -0.05) is 58.1 Å². The molecule has 0 aromatic heterocycles. The average molecular weight is 413 g/mol. The van der Waals surface area contributed by atoms with E-state index >= 15 is 0 Å². The minimum Gasteiger partial charge on any atom is -0.426 e. The Balaban J connectivity index is 1.93.